The van der Waals surface area contributed by atoms with Gasteiger partial charge in [0.15, 0.2) is 0 Å². The molecule has 1 aliphatic heterocycles. The lowest BCUT2D eigenvalue weighted by Gasteiger charge is -2.59. The number of rotatable bonds is 9. The Bertz CT molecular complexity index is 2000. The van der Waals surface area contributed by atoms with Crippen LogP contribution in [0.15, 0.2) is 71.3 Å². The third-order valence-corrected chi connectivity index (χ3v) is 13.0. The van der Waals surface area contributed by atoms with Gasteiger partial charge in [-0.15, -0.1) is 0 Å². The van der Waals surface area contributed by atoms with Gasteiger partial charge in [0, 0.05) is 29.8 Å². The van der Waals surface area contributed by atoms with E-state index >= 15 is 0 Å². The number of carbonyl (C=O) groups is 4. The summed E-state index contributed by atoms with van der Waals surface area (Å²) in [4.78, 5) is 58.8. The molecule has 10 heteroatoms. The lowest BCUT2D eigenvalue weighted by Crippen LogP contribution is -2.55. The Morgan fingerprint density at radius 2 is 1.70 bits per heavy atom. The first-order valence-electron chi connectivity index (χ1n) is 18.8. The Hall–Kier alpha value is -4.86. The minimum absolute atomic E-state index is 0.116. The Morgan fingerprint density at radius 3 is 2.43 bits per heavy atom. The summed E-state index contributed by atoms with van der Waals surface area (Å²) in [7, 11) is 2.83. The van der Waals surface area contributed by atoms with Gasteiger partial charge in [0.2, 0.25) is 0 Å². The summed E-state index contributed by atoms with van der Waals surface area (Å²) in [6, 6.07) is 17.3. The van der Waals surface area contributed by atoms with Crippen LogP contribution in [-0.4, -0.2) is 60.6 Å². The van der Waals surface area contributed by atoms with Gasteiger partial charge in [-0.3, -0.25) is 14.4 Å². The third kappa shape index (κ3) is 6.33. The Balaban J connectivity index is 1.30. The molecule has 4 aromatic rings. The van der Waals surface area contributed by atoms with E-state index in [2.05, 4.69) is 18.8 Å². The van der Waals surface area contributed by atoms with Crippen LogP contribution >= 0.6 is 0 Å². The summed E-state index contributed by atoms with van der Waals surface area (Å²) in [6.07, 6.45) is 7.67. The van der Waals surface area contributed by atoms with Crippen LogP contribution in [0.3, 0.4) is 0 Å². The van der Waals surface area contributed by atoms with Crippen LogP contribution in [0.4, 0.5) is 0 Å². The quantitative estimate of drug-likeness (QED) is 0.138. The molecule has 1 N–H and O–H groups in total. The first kappa shape index (κ1) is 36.5. The van der Waals surface area contributed by atoms with Gasteiger partial charge < -0.3 is 28.5 Å². The highest BCUT2D eigenvalue weighted by Crippen LogP contribution is 2.62. The van der Waals surface area contributed by atoms with Crippen LogP contribution in [0.25, 0.3) is 10.9 Å². The number of nitrogens with one attached hydrogen (secondary N) is 1. The molecule has 0 spiro atoms. The number of benzene rings is 2. The summed E-state index contributed by atoms with van der Waals surface area (Å²) in [5.74, 6) is -0.297. The number of aromatic nitrogens is 1. The van der Waals surface area contributed by atoms with E-state index in [0.717, 1.165) is 66.2 Å². The van der Waals surface area contributed by atoms with E-state index in [1.54, 1.807) is 23.3 Å². The normalized spacial score (nSPS) is 28.1. The first-order valence-corrected chi connectivity index (χ1v) is 18.8. The Kier molecular flexibility index (Phi) is 10.00. The van der Waals surface area contributed by atoms with Crippen molar-refractivity contribution < 1.29 is 37.8 Å². The molecule has 2 aromatic carbocycles. The highest BCUT2D eigenvalue weighted by Gasteiger charge is 2.59. The predicted octanol–water partition coefficient (Wildman–Crippen LogP) is 7.60. The van der Waals surface area contributed by atoms with Crippen LogP contribution in [-0.2, 0) is 41.4 Å². The van der Waals surface area contributed by atoms with Crippen molar-refractivity contribution in [1.82, 2.24) is 9.88 Å². The highest BCUT2D eigenvalue weighted by molar-refractivity contribution is 5.98. The summed E-state index contributed by atoms with van der Waals surface area (Å²) in [5, 5.41) is 0.988. The van der Waals surface area contributed by atoms with E-state index in [1.807, 2.05) is 48.5 Å². The molecule has 53 heavy (non-hydrogen) atoms. The number of esters is 3. The second kappa shape index (κ2) is 14.5. The van der Waals surface area contributed by atoms with Crippen molar-refractivity contribution in [3.8, 4) is 0 Å². The highest BCUT2D eigenvalue weighted by atomic mass is 16.5. The fourth-order valence-corrected chi connectivity index (χ4v) is 10.6. The van der Waals surface area contributed by atoms with E-state index in [4.69, 9.17) is 18.6 Å². The van der Waals surface area contributed by atoms with E-state index in [9.17, 15) is 19.2 Å². The zero-order valence-corrected chi connectivity index (χ0v) is 31.3. The van der Waals surface area contributed by atoms with Gasteiger partial charge in [-0.2, -0.15) is 0 Å². The van der Waals surface area contributed by atoms with Crippen molar-refractivity contribution in [3.05, 3.63) is 95.1 Å². The number of H-pyrrole nitrogens is 1. The van der Waals surface area contributed by atoms with Gasteiger partial charge in [0.25, 0.3) is 5.91 Å². The SMILES string of the molecule is COC(=O)[C@H]1Cc2c([nH]c3ccccc23)[C@H](c2occc2CC[C@H]2[C@H](COC(C)=O)CC[C@@H]3[C@]2(C)CCC[C@]3(C)C(=O)OC)N1C(=O)c1ccccc1. The molecule has 0 saturated heterocycles. The largest absolute Gasteiger partial charge is 0.469 e. The summed E-state index contributed by atoms with van der Waals surface area (Å²) in [5.41, 5.74) is 3.27. The number of hydrogen-bond donors (Lipinski definition) is 1. The number of para-hydroxylation sites is 1. The van der Waals surface area contributed by atoms with Crippen molar-refractivity contribution >= 4 is 34.7 Å². The molecule has 2 saturated carbocycles. The maximum atomic E-state index is 14.6. The summed E-state index contributed by atoms with van der Waals surface area (Å²) >= 11 is 0. The number of ether oxygens (including phenoxy) is 3. The van der Waals surface area contributed by atoms with Gasteiger partial charge in [-0.05, 0) is 104 Å². The number of hydrogen-bond acceptors (Lipinski definition) is 8. The maximum absolute atomic E-state index is 14.6. The number of carbonyl (C=O) groups excluding carboxylic acids is 4. The molecular formula is C43H50N2O8. The van der Waals surface area contributed by atoms with Gasteiger partial charge in [0.05, 0.1) is 38.2 Å². The Labute approximate surface area is 310 Å². The number of furan rings is 1. The predicted molar refractivity (Wildman–Crippen MR) is 198 cm³/mol. The lowest BCUT2D eigenvalue weighted by molar-refractivity contribution is -0.176. The molecule has 3 aliphatic rings. The number of aromatic amines is 1. The number of aryl methyl sites for hydroxylation is 1. The molecule has 0 bridgehead atoms. The fourth-order valence-electron chi connectivity index (χ4n) is 10.6. The van der Waals surface area contributed by atoms with Crippen molar-refractivity contribution in [2.45, 2.75) is 84.2 Å². The van der Waals surface area contributed by atoms with Crippen LogP contribution in [0, 0.1) is 28.6 Å². The van der Waals surface area contributed by atoms with Crippen LogP contribution in [0.2, 0.25) is 0 Å². The molecule has 0 unspecified atom stereocenters. The summed E-state index contributed by atoms with van der Waals surface area (Å²) in [6.45, 7) is 6.16. The average molecular weight is 723 g/mol. The molecule has 2 aliphatic carbocycles. The fraction of sp³-hybridized carbons (Fsp3) is 0.488. The molecule has 280 valence electrons. The van der Waals surface area contributed by atoms with E-state index < -0.39 is 23.5 Å². The smallest absolute Gasteiger partial charge is 0.328 e. The molecule has 10 nitrogen and oxygen atoms in total. The van der Waals surface area contributed by atoms with Gasteiger partial charge in [-0.25, -0.2) is 4.79 Å². The zero-order chi connectivity index (χ0) is 37.5. The molecular weight excluding hydrogens is 672 g/mol. The minimum atomic E-state index is -0.897. The maximum Gasteiger partial charge on any atom is 0.328 e. The van der Waals surface area contributed by atoms with E-state index in [-0.39, 0.29) is 47.4 Å². The van der Waals surface area contributed by atoms with Gasteiger partial charge >= 0.3 is 17.9 Å². The first-order chi connectivity index (χ1) is 25.5. The number of nitrogens with zero attached hydrogens (tertiary/aromatic N) is 1. The molecule has 2 aromatic heterocycles. The molecule has 3 heterocycles. The van der Waals surface area contributed by atoms with Crippen LogP contribution in [0.1, 0.15) is 98.3 Å². The molecule has 7 rings (SSSR count). The van der Waals surface area contributed by atoms with Crippen LogP contribution in [0.5, 0.6) is 0 Å². The molecule has 0 radical (unpaired) electrons. The minimum Gasteiger partial charge on any atom is -0.469 e. The second-order valence-electron chi connectivity index (χ2n) is 15.7. The standard InChI is InChI=1S/C43H50N2O8/c1-26(46)53-25-29-17-19-35-42(2,21-11-22-43(35,3)41(49)51-5)32(29)18-16-27-20-23-52-38(27)37-36-31(30-14-9-10-15-33(30)44-36)24-34(40(48)50-4)45(37)39(47)28-12-7-6-8-13-28/h6-10,12-15,20,23,29,32,34-35,37,44H,11,16-19,21-22,24-25H2,1-5H3/t29-,32-,34+,35+,37+,42+,43-/m0/s1. The van der Waals surface area contributed by atoms with Crippen molar-refractivity contribution in [1.29, 1.82) is 0 Å². The second-order valence-corrected chi connectivity index (χ2v) is 15.7. The molecule has 2 fully saturated rings. The Morgan fingerprint density at radius 1 is 0.943 bits per heavy atom. The average Bonchev–Trinajstić information content (AvgIpc) is 3.79. The number of amides is 1. The van der Waals surface area contributed by atoms with Crippen molar-refractivity contribution in [2.75, 3.05) is 20.8 Å². The lowest BCUT2D eigenvalue weighted by atomic mass is 9.45. The zero-order valence-electron chi connectivity index (χ0n) is 31.3. The van der Waals surface area contributed by atoms with Crippen molar-refractivity contribution in [3.63, 3.8) is 0 Å². The molecule has 7 atom stereocenters. The van der Waals surface area contributed by atoms with Crippen LogP contribution < -0.4 is 0 Å². The number of fused-ring (bicyclic) bond motifs is 4. The van der Waals surface area contributed by atoms with Crippen molar-refractivity contribution in [2.24, 2.45) is 28.6 Å². The van der Waals surface area contributed by atoms with E-state index in [0.29, 0.717) is 24.4 Å². The third-order valence-electron chi connectivity index (χ3n) is 13.0. The van der Waals surface area contributed by atoms with Gasteiger partial charge in [-0.1, -0.05) is 49.7 Å². The topological polar surface area (TPSA) is 128 Å². The number of methoxy groups -OCH3 is 2. The van der Waals surface area contributed by atoms with E-state index in [1.165, 1.54) is 21.1 Å². The summed E-state index contributed by atoms with van der Waals surface area (Å²) < 4.78 is 22.8. The monoisotopic (exact) mass is 722 g/mol. The van der Waals surface area contributed by atoms with Gasteiger partial charge in [0.1, 0.15) is 17.8 Å². The molecule has 1 amide bonds.